The molecule has 18 heavy (non-hydrogen) atoms. The van der Waals surface area contributed by atoms with Gasteiger partial charge in [0.15, 0.2) is 6.29 Å². The molecule has 0 heterocycles. The van der Waals surface area contributed by atoms with E-state index in [2.05, 4.69) is 0 Å². The number of halogens is 1. The molecule has 0 saturated carbocycles. The highest BCUT2D eigenvalue weighted by Crippen LogP contribution is 2.22. The summed E-state index contributed by atoms with van der Waals surface area (Å²) in [5.74, 6) is 0.624. The van der Waals surface area contributed by atoms with E-state index in [1.54, 1.807) is 32.4 Å². The molecule has 0 unspecified atom stereocenters. The first-order valence-electron chi connectivity index (χ1n) is 5.48. The smallest absolute Gasteiger partial charge is 0.180 e. The van der Waals surface area contributed by atoms with Gasteiger partial charge in [0.1, 0.15) is 12.4 Å². The molecule has 0 amide bonds. The van der Waals surface area contributed by atoms with Gasteiger partial charge in [0.25, 0.3) is 0 Å². The normalized spacial score (nSPS) is 10.9. The summed E-state index contributed by atoms with van der Waals surface area (Å²) in [4.78, 5) is 0. The van der Waals surface area contributed by atoms with Gasteiger partial charge in [-0.05, 0) is 12.1 Å². The van der Waals surface area contributed by atoms with Crippen LogP contribution in [0.3, 0.4) is 0 Å². The standard InChI is InChI=1S/C12H18ClNO4/c1-15-12(16-2)8-17-3-4-18-11-6-9(13)5-10(14)7-11/h5-7,12H,3-4,8,14H2,1-2H3. The number of benzene rings is 1. The Morgan fingerprint density at radius 2 is 1.89 bits per heavy atom. The SMILES string of the molecule is COC(COCCOc1cc(N)cc(Cl)c1)OC. The minimum absolute atomic E-state index is 0.355. The van der Waals surface area contributed by atoms with Crippen LogP contribution >= 0.6 is 11.6 Å². The Labute approximate surface area is 112 Å². The molecule has 1 aromatic rings. The maximum atomic E-state index is 5.85. The first-order valence-corrected chi connectivity index (χ1v) is 5.85. The molecule has 6 heteroatoms. The molecule has 0 aliphatic carbocycles. The number of nitrogens with two attached hydrogens (primary N) is 1. The lowest BCUT2D eigenvalue weighted by Crippen LogP contribution is -2.21. The molecule has 0 aliphatic rings. The van der Waals surface area contributed by atoms with E-state index in [4.69, 9.17) is 36.3 Å². The predicted octanol–water partition coefficient (Wildman–Crippen LogP) is 1.94. The molecule has 1 rings (SSSR count). The van der Waals surface area contributed by atoms with Crippen LogP contribution in [-0.4, -0.2) is 40.3 Å². The summed E-state index contributed by atoms with van der Waals surface area (Å²) in [6, 6.07) is 5.07. The molecule has 1 aromatic carbocycles. The van der Waals surface area contributed by atoms with Gasteiger partial charge in [0.2, 0.25) is 0 Å². The number of methoxy groups -OCH3 is 2. The fourth-order valence-corrected chi connectivity index (χ4v) is 1.53. The Bertz CT molecular complexity index is 338. The highest BCUT2D eigenvalue weighted by molar-refractivity contribution is 6.31. The zero-order valence-corrected chi connectivity index (χ0v) is 11.3. The predicted molar refractivity (Wildman–Crippen MR) is 70.0 cm³/mol. The average Bonchev–Trinajstić information content (AvgIpc) is 2.32. The third kappa shape index (κ3) is 5.55. The number of nitrogen functional groups attached to an aromatic ring is 1. The summed E-state index contributed by atoms with van der Waals surface area (Å²) in [5, 5.41) is 0.546. The minimum Gasteiger partial charge on any atom is -0.491 e. The first-order chi connectivity index (χ1) is 8.65. The Morgan fingerprint density at radius 3 is 2.50 bits per heavy atom. The second kappa shape index (κ2) is 8.16. The molecule has 0 aliphatic heterocycles. The summed E-state index contributed by atoms with van der Waals surface area (Å²) < 4.78 is 20.7. The van der Waals surface area contributed by atoms with Gasteiger partial charge in [0, 0.05) is 31.0 Å². The lowest BCUT2D eigenvalue weighted by atomic mass is 10.3. The van der Waals surface area contributed by atoms with E-state index >= 15 is 0 Å². The largest absolute Gasteiger partial charge is 0.491 e. The van der Waals surface area contributed by atoms with Crippen LogP contribution in [0.5, 0.6) is 5.75 Å². The summed E-state index contributed by atoms with van der Waals surface area (Å²) in [6.45, 7) is 1.18. The van der Waals surface area contributed by atoms with Crippen LogP contribution in [0.1, 0.15) is 0 Å². The zero-order valence-electron chi connectivity index (χ0n) is 10.5. The summed E-state index contributed by atoms with van der Waals surface area (Å²) in [5.41, 5.74) is 6.20. The molecule has 0 saturated heterocycles. The zero-order chi connectivity index (χ0) is 13.4. The monoisotopic (exact) mass is 275 g/mol. The lowest BCUT2D eigenvalue weighted by Gasteiger charge is -2.13. The van der Waals surface area contributed by atoms with Crippen LogP contribution in [0, 0.1) is 0 Å². The molecule has 0 atom stereocenters. The second-order valence-electron chi connectivity index (χ2n) is 3.54. The maximum Gasteiger partial charge on any atom is 0.180 e. The van der Waals surface area contributed by atoms with Crippen molar-refractivity contribution in [1.82, 2.24) is 0 Å². The Morgan fingerprint density at radius 1 is 1.17 bits per heavy atom. The van der Waals surface area contributed by atoms with Gasteiger partial charge < -0.3 is 24.7 Å². The van der Waals surface area contributed by atoms with Crippen LogP contribution in [0.25, 0.3) is 0 Å². The van der Waals surface area contributed by atoms with Gasteiger partial charge in [-0.3, -0.25) is 0 Å². The molecule has 0 bridgehead atoms. The Kier molecular flexibility index (Phi) is 6.82. The fourth-order valence-electron chi connectivity index (χ4n) is 1.30. The summed E-state index contributed by atoms with van der Waals surface area (Å²) >= 11 is 5.85. The van der Waals surface area contributed by atoms with Gasteiger partial charge in [-0.25, -0.2) is 0 Å². The molecular formula is C12H18ClNO4. The molecule has 0 aromatic heterocycles. The van der Waals surface area contributed by atoms with Gasteiger partial charge in [-0.15, -0.1) is 0 Å². The Balaban J connectivity index is 2.21. The van der Waals surface area contributed by atoms with Crippen molar-refractivity contribution in [3.8, 4) is 5.75 Å². The van der Waals surface area contributed by atoms with Crippen LogP contribution in [0.4, 0.5) is 5.69 Å². The van der Waals surface area contributed by atoms with Crippen molar-refractivity contribution in [3.05, 3.63) is 23.2 Å². The minimum atomic E-state index is -0.355. The van der Waals surface area contributed by atoms with E-state index in [9.17, 15) is 0 Å². The van der Waals surface area contributed by atoms with Crippen molar-refractivity contribution in [1.29, 1.82) is 0 Å². The van der Waals surface area contributed by atoms with E-state index < -0.39 is 0 Å². The van der Waals surface area contributed by atoms with Crippen LogP contribution < -0.4 is 10.5 Å². The van der Waals surface area contributed by atoms with E-state index in [0.29, 0.717) is 36.3 Å². The molecule has 0 fully saturated rings. The Hall–Kier alpha value is -1.01. The van der Waals surface area contributed by atoms with Gasteiger partial charge >= 0.3 is 0 Å². The van der Waals surface area contributed by atoms with Gasteiger partial charge in [0.05, 0.1) is 13.2 Å². The molecule has 5 nitrogen and oxygen atoms in total. The topological polar surface area (TPSA) is 62.9 Å². The lowest BCUT2D eigenvalue weighted by molar-refractivity contribution is -0.141. The van der Waals surface area contributed by atoms with Crippen LogP contribution in [0.2, 0.25) is 5.02 Å². The van der Waals surface area contributed by atoms with Crippen LogP contribution in [0.15, 0.2) is 18.2 Å². The highest BCUT2D eigenvalue weighted by atomic mass is 35.5. The van der Waals surface area contributed by atoms with Crippen molar-refractivity contribution in [2.75, 3.05) is 39.8 Å². The van der Waals surface area contributed by atoms with Crippen LogP contribution in [-0.2, 0) is 14.2 Å². The number of hydrogen-bond acceptors (Lipinski definition) is 5. The first kappa shape index (κ1) is 15.0. The van der Waals surface area contributed by atoms with Crippen molar-refractivity contribution in [2.24, 2.45) is 0 Å². The second-order valence-corrected chi connectivity index (χ2v) is 3.98. The maximum absolute atomic E-state index is 5.85. The third-order valence-corrected chi connectivity index (χ3v) is 2.39. The van der Waals surface area contributed by atoms with E-state index in [0.717, 1.165) is 0 Å². The number of rotatable bonds is 8. The molecule has 0 spiro atoms. The van der Waals surface area contributed by atoms with Crippen molar-refractivity contribution in [2.45, 2.75) is 6.29 Å². The number of hydrogen-bond donors (Lipinski definition) is 1. The molecule has 102 valence electrons. The average molecular weight is 276 g/mol. The fraction of sp³-hybridized carbons (Fsp3) is 0.500. The van der Waals surface area contributed by atoms with E-state index in [1.165, 1.54) is 0 Å². The quantitative estimate of drug-likeness (QED) is 0.446. The van der Waals surface area contributed by atoms with Crippen molar-refractivity contribution >= 4 is 17.3 Å². The summed E-state index contributed by atoms with van der Waals surface area (Å²) in [7, 11) is 3.12. The van der Waals surface area contributed by atoms with Gasteiger partial charge in [-0.1, -0.05) is 11.6 Å². The van der Waals surface area contributed by atoms with Crippen molar-refractivity contribution < 1.29 is 18.9 Å². The number of ether oxygens (including phenoxy) is 4. The van der Waals surface area contributed by atoms with Crippen molar-refractivity contribution in [3.63, 3.8) is 0 Å². The third-order valence-electron chi connectivity index (χ3n) is 2.17. The molecular weight excluding hydrogens is 258 g/mol. The molecule has 2 N–H and O–H groups in total. The van der Waals surface area contributed by atoms with E-state index in [-0.39, 0.29) is 6.29 Å². The van der Waals surface area contributed by atoms with Gasteiger partial charge in [-0.2, -0.15) is 0 Å². The van der Waals surface area contributed by atoms with E-state index in [1.807, 2.05) is 0 Å². The number of anilines is 1. The highest BCUT2D eigenvalue weighted by Gasteiger charge is 2.04. The summed E-state index contributed by atoms with van der Waals surface area (Å²) in [6.07, 6.45) is -0.355. The molecule has 0 radical (unpaired) electrons.